The van der Waals surface area contributed by atoms with Gasteiger partial charge in [-0.2, -0.15) is 5.10 Å². The van der Waals surface area contributed by atoms with E-state index in [9.17, 15) is 9.59 Å². The Morgan fingerprint density at radius 1 is 1.14 bits per heavy atom. The van der Waals surface area contributed by atoms with Gasteiger partial charge in [0.2, 0.25) is 6.41 Å². The lowest BCUT2D eigenvalue weighted by atomic mass is 10.2. The molecule has 0 atom stereocenters. The maximum absolute atomic E-state index is 12.4. The second kappa shape index (κ2) is 13.0. The summed E-state index contributed by atoms with van der Waals surface area (Å²) >= 11 is 12.3. The van der Waals surface area contributed by atoms with E-state index in [2.05, 4.69) is 15.4 Å². The minimum absolute atomic E-state index is 0.103. The Kier molecular flexibility index (Phi) is 9.54. The minimum Gasteiger partial charge on any atom is -0.461 e. The number of anilines is 1. The Bertz CT molecular complexity index is 1210. The van der Waals surface area contributed by atoms with Crippen LogP contribution < -0.4 is 10.2 Å². The average molecular weight is 548 g/mol. The summed E-state index contributed by atoms with van der Waals surface area (Å²) in [5.41, 5.74) is 1.69. The molecule has 2 fully saturated rings. The monoisotopic (exact) mass is 547 g/mol. The fourth-order valence-corrected chi connectivity index (χ4v) is 4.67. The zero-order valence-electron chi connectivity index (χ0n) is 20.8. The molecule has 2 saturated heterocycles. The largest absolute Gasteiger partial charge is 0.461 e. The Balaban J connectivity index is 0.000000469. The first-order chi connectivity index (χ1) is 18.0. The zero-order valence-corrected chi connectivity index (χ0v) is 22.3. The van der Waals surface area contributed by atoms with Gasteiger partial charge in [0.15, 0.2) is 11.3 Å². The molecular weight excluding hydrogens is 517 g/mol. The van der Waals surface area contributed by atoms with Gasteiger partial charge in [-0.3, -0.25) is 4.79 Å². The van der Waals surface area contributed by atoms with Crippen LogP contribution in [0.4, 0.5) is 5.82 Å². The molecule has 1 aromatic carbocycles. The zero-order chi connectivity index (χ0) is 26.2. The Labute approximate surface area is 225 Å². The van der Waals surface area contributed by atoms with Crippen LogP contribution in [0.1, 0.15) is 42.2 Å². The van der Waals surface area contributed by atoms with Crippen molar-refractivity contribution in [2.45, 2.75) is 32.7 Å². The number of aromatic nitrogens is 4. The minimum atomic E-state index is -0.560. The highest BCUT2D eigenvalue weighted by atomic mass is 35.5. The molecule has 1 N–H and O–H groups in total. The van der Waals surface area contributed by atoms with Crippen molar-refractivity contribution in [2.24, 2.45) is 0 Å². The van der Waals surface area contributed by atoms with Crippen molar-refractivity contribution < 1.29 is 14.3 Å². The van der Waals surface area contributed by atoms with Crippen molar-refractivity contribution in [3.8, 4) is 0 Å². The van der Waals surface area contributed by atoms with Crippen molar-refractivity contribution in [1.29, 1.82) is 0 Å². The molecule has 3 aromatic rings. The molecule has 2 aliphatic heterocycles. The number of piperazine rings is 1. The number of nitrogens with one attached hydrogen (secondary N) is 1. The van der Waals surface area contributed by atoms with Crippen molar-refractivity contribution >= 4 is 52.6 Å². The number of piperidine rings is 1. The van der Waals surface area contributed by atoms with E-state index in [4.69, 9.17) is 32.9 Å². The summed E-state index contributed by atoms with van der Waals surface area (Å²) < 4.78 is 6.73. The maximum Gasteiger partial charge on any atom is 0.361 e. The number of benzene rings is 1. The highest BCUT2D eigenvalue weighted by Gasteiger charge is 2.24. The van der Waals surface area contributed by atoms with Gasteiger partial charge in [-0.1, -0.05) is 35.7 Å². The van der Waals surface area contributed by atoms with Crippen LogP contribution in [0.25, 0.3) is 11.2 Å². The van der Waals surface area contributed by atoms with E-state index in [1.807, 2.05) is 4.90 Å². The Morgan fingerprint density at radius 3 is 2.49 bits per heavy atom. The number of nitrogens with zero attached hydrogens (tertiary/aromatic N) is 6. The van der Waals surface area contributed by atoms with Crippen LogP contribution in [0, 0.1) is 0 Å². The van der Waals surface area contributed by atoms with E-state index in [0.29, 0.717) is 53.2 Å². The van der Waals surface area contributed by atoms with Crippen molar-refractivity contribution in [2.75, 3.05) is 50.8 Å². The summed E-state index contributed by atoms with van der Waals surface area (Å²) in [7, 11) is 0. The maximum atomic E-state index is 12.4. The van der Waals surface area contributed by atoms with Gasteiger partial charge in [0.25, 0.3) is 0 Å². The summed E-state index contributed by atoms with van der Waals surface area (Å²) in [6, 6.07) is 5.20. The number of carbonyl (C=O) groups excluding carboxylic acids is 2. The number of carbonyl (C=O) groups is 2. The highest BCUT2D eigenvalue weighted by Crippen LogP contribution is 2.25. The number of amides is 1. The summed E-state index contributed by atoms with van der Waals surface area (Å²) in [6.45, 7) is 7.23. The molecule has 0 saturated carbocycles. The molecule has 10 nitrogen and oxygen atoms in total. The third kappa shape index (κ3) is 6.88. The molecule has 37 heavy (non-hydrogen) atoms. The van der Waals surface area contributed by atoms with Crippen LogP contribution in [-0.4, -0.2) is 82.9 Å². The number of halogens is 2. The molecule has 0 aliphatic carbocycles. The van der Waals surface area contributed by atoms with Crippen molar-refractivity contribution in [3.63, 3.8) is 0 Å². The van der Waals surface area contributed by atoms with Crippen LogP contribution in [0.5, 0.6) is 0 Å². The van der Waals surface area contributed by atoms with Crippen LogP contribution >= 0.6 is 23.2 Å². The van der Waals surface area contributed by atoms with E-state index in [1.165, 1.54) is 32.4 Å². The summed E-state index contributed by atoms with van der Waals surface area (Å²) in [5.74, 6) is 0.0897. The normalized spacial score (nSPS) is 15.8. The van der Waals surface area contributed by atoms with Gasteiger partial charge < -0.3 is 19.9 Å². The van der Waals surface area contributed by atoms with E-state index in [0.717, 1.165) is 12.0 Å². The predicted molar refractivity (Wildman–Crippen MR) is 143 cm³/mol. The molecule has 5 rings (SSSR count). The SMILES string of the molecule is C1CCNCC1.CCOC(=O)c1nn(Cc2ccc(Cl)cc2Cl)c2nc(N3CCN(C=O)CC3)cnc12. The molecule has 4 heterocycles. The average Bonchev–Trinajstić information content (AvgIpc) is 3.29. The second-order valence-electron chi connectivity index (χ2n) is 8.80. The van der Waals surface area contributed by atoms with Gasteiger partial charge in [-0.25, -0.2) is 19.4 Å². The lowest BCUT2D eigenvalue weighted by molar-refractivity contribution is -0.118. The summed E-state index contributed by atoms with van der Waals surface area (Å²) in [6.07, 6.45) is 6.68. The Morgan fingerprint density at radius 2 is 1.89 bits per heavy atom. The van der Waals surface area contributed by atoms with Crippen LogP contribution in [0.2, 0.25) is 10.0 Å². The lowest BCUT2D eigenvalue weighted by Gasteiger charge is -2.33. The third-order valence-electron chi connectivity index (χ3n) is 6.23. The standard InChI is InChI=1S/C20H20Cl2N6O3.C5H11N/c1-2-31-20(30)18-17-19(28(25-18)11-13-3-4-14(21)9-15(13)22)24-16(10-23-17)27-7-5-26(12-29)6-8-27;1-2-4-6-5-3-1/h3-4,9-10,12H,2,5-8,11H2,1H3;6H,1-5H2. The summed E-state index contributed by atoms with van der Waals surface area (Å²) in [4.78, 5) is 36.4. The number of hydrogen-bond donors (Lipinski definition) is 1. The second-order valence-corrected chi connectivity index (χ2v) is 9.65. The van der Waals surface area contributed by atoms with E-state index in [1.54, 1.807) is 40.9 Å². The number of ether oxygens (including phenoxy) is 1. The molecular formula is C25H31Cl2N7O3. The number of esters is 1. The fourth-order valence-electron chi connectivity index (χ4n) is 4.20. The first-order valence-corrected chi connectivity index (χ1v) is 13.3. The van der Waals surface area contributed by atoms with Gasteiger partial charge in [0.1, 0.15) is 11.3 Å². The van der Waals surface area contributed by atoms with E-state index in [-0.39, 0.29) is 18.8 Å². The first kappa shape index (κ1) is 27.1. The van der Waals surface area contributed by atoms with Crippen LogP contribution in [0.3, 0.4) is 0 Å². The third-order valence-corrected chi connectivity index (χ3v) is 6.82. The van der Waals surface area contributed by atoms with Crippen LogP contribution in [0.15, 0.2) is 24.4 Å². The molecule has 198 valence electrons. The first-order valence-electron chi connectivity index (χ1n) is 12.5. The topological polar surface area (TPSA) is 105 Å². The molecule has 1 amide bonds. The van der Waals surface area contributed by atoms with Gasteiger partial charge in [0, 0.05) is 36.2 Å². The fraction of sp³-hybridized carbons (Fsp3) is 0.480. The van der Waals surface area contributed by atoms with E-state index >= 15 is 0 Å². The van der Waals surface area contributed by atoms with Crippen molar-refractivity contribution in [1.82, 2.24) is 30.0 Å². The molecule has 2 aromatic heterocycles. The van der Waals surface area contributed by atoms with Gasteiger partial charge in [-0.15, -0.1) is 0 Å². The van der Waals surface area contributed by atoms with Gasteiger partial charge in [0.05, 0.1) is 19.3 Å². The summed E-state index contributed by atoms with van der Waals surface area (Å²) in [5, 5.41) is 8.73. The molecule has 0 radical (unpaired) electrons. The molecule has 0 bridgehead atoms. The quantitative estimate of drug-likeness (QED) is 0.369. The molecule has 2 aliphatic rings. The number of rotatable bonds is 6. The van der Waals surface area contributed by atoms with Gasteiger partial charge in [-0.05, 0) is 50.6 Å². The van der Waals surface area contributed by atoms with E-state index < -0.39 is 5.97 Å². The number of hydrogen-bond acceptors (Lipinski definition) is 8. The Hall–Kier alpha value is -2.95. The highest BCUT2D eigenvalue weighted by molar-refractivity contribution is 6.35. The van der Waals surface area contributed by atoms with Crippen LogP contribution in [-0.2, 0) is 16.1 Å². The van der Waals surface area contributed by atoms with Crippen molar-refractivity contribution in [3.05, 3.63) is 45.7 Å². The lowest BCUT2D eigenvalue weighted by Crippen LogP contribution is -2.46. The predicted octanol–water partition coefficient (Wildman–Crippen LogP) is 3.40. The molecule has 0 spiro atoms. The molecule has 12 heteroatoms. The van der Waals surface area contributed by atoms with Gasteiger partial charge >= 0.3 is 5.97 Å². The smallest absolute Gasteiger partial charge is 0.361 e. The number of fused-ring (bicyclic) bond motifs is 1. The molecule has 0 unspecified atom stereocenters.